The third kappa shape index (κ3) is 5.00. The fourth-order valence-corrected chi connectivity index (χ4v) is 3.54. The summed E-state index contributed by atoms with van der Waals surface area (Å²) >= 11 is 0. The summed E-state index contributed by atoms with van der Waals surface area (Å²) in [7, 11) is 3.85. The van der Waals surface area contributed by atoms with E-state index in [1.54, 1.807) is 7.05 Å². The molecule has 1 aromatic heterocycles. The van der Waals surface area contributed by atoms with Gasteiger partial charge in [0.2, 0.25) is 0 Å². The number of carboxylic acid groups (broad SMARTS) is 1. The number of benzene rings is 2. The summed E-state index contributed by atoms with van der Waals surface area (Å²) < 4.78 is 0. The van der Waals surface area contributed by atoms with E-state index in [2.05, 4.69) is 71.6 Å². The molecule has 0 aliphatic carbocycles. The first kappa shape index (κ1) is 20.6. The summed E-state index contributed by atoms with van der Waals surface area (Å²) in [6.45, 7) is 4.44. The summed E-state index contributed by atoms with van der Waals surface area (Å²) in [6, 6.07) is 17.0. The highest BCUT2D eigenvalue weighted by Crippen LogP contribution is 2.27. The molecule has 0 saturated carbocycles. The lowest BCUT2D eigenvalue weighted by Gasteiger charge is -2.25. The second-order valence-electron chi connectivity index (χ2n) is 7.26. The van der Waals surface area contributed by atoms with Crippen molar-refractivity contribution in [3.05, 3.63) is 83.2 Å². The molecule has 3 aromatic rings. The van der Waals surface area contributed by atoms with Crippen molar-refractivity contribution in [3.8, 4) is 11.1 Å². The maximum Gasteiger partial charge on any atom is 0.337 e. The normalized spacial score (nSPS) is 13.1. The quantitative estimate of drug-likeness (QED) is 0.692. The SMILES string of the molecule is CNc1cnccc1C(=O)O.Cc1ccccc1-c1ccc2c(c1)CCN(C)C2. The van der Waals surface area contributed by atoms with Gasteiger partial charge in [-0.2, -0.15) is 0 Å². The summed E-state index contributed by atoms with van der Waals surface area (Å²) in [6.07, 6.45) is 4.10. The van der Waals surface area contributed by atoms with Crippen LogP contribution in [0.25, 0.3) is 11.1 Å². The van der Waals surface area contributed by atoms with E-state index >= 15 is 0 Å². The molecule has 4 rings (SSSR count). The number of hydrogen-bond donors (Lipinski definition) is 2. The molecule has 5 heteroatoms. The predicted octanol–water partition coefficient (Wildman–Crippen LogP) is 4.47. The number of aromatic carboxylic acids is 1. The molecule has 0 bridgehead atoms. The molecule has 2 N–H and O–H groups in total. The van der Waals surface area contributed by atoms with Crippen LogP contribution in [0.1, 0.15) is 27.0 Å². The molecule has 2 heterocycles. The number of aromatic nitrogens is 1. The van der Waals surface area contributed by atoms with E-state index in [1.807, 2.05) is 0 Å². The van der Waals surface area contributed by atoms with E-state index in [-0.39, 0.29) is 5.56 Å². The number of carboxylic acids is 1. The Labute approximate surface area is 172 Å². The van der Waals surface area contributed by atoms with Crippen LogP contribution in [0.15, 0.2) is 60.9 Å². The van der Waals surface area contributed by atoms with Crippen molar-refractivity contribution in [3.63, 3.8) is 0 Å². The number of aryl methyl sites for hydroxylation is 1. The fourth-order valence-electron chi connectivity index (χ4n) is 3.54. The number of pyridine rings is 1. The molecular weight excluding hydrogens is 362 g/mol. The molecule has 0 amide bonds. The topological polar surface area (TPSA) is 65.5 Å². The molecule has 2 aromatic carbocycles. The number of anilines is 1. The van der Waals surface area contributed by atoms with Crippen molar-refractivity contribution in [2.45, 2.75) is 19.9 Å². The van der Waals surface area contributed by atoms with Gasteiger partial charge in [0.25, 0.3) is 0 Å². The molecule has 1 aliphatic heterocycles. The maximum atomic E-state index is 10.5. The Hall–Kier alpha value is -3.18. The minimum atomic E-state index is -0.947. The van der Waals surface area contributed by atoms with Gasteiger partial charge in [-0.3, -0.25) is 4.98 Å². The number of likely N-dealkylation sites (N-methyl/N-ethyl adjacent to an activating group) is 1. The van der Waals surface area contributed by atoms with Gasteiger partial charge in [0.1, 0.15) is 0 Å². The zero-order valence-corrected chi connectivity index (χ0v) is 17.1. The lowest BCUT2D eigenvalue weighted by Crippen LogP contribution is -2.26. The van der Waals surface area contributed by atoms with Crippen LogP contribution < -0.4 is 5.32 Å². The third-order valence-corrected chi connectivity index (χ3v) is 5.19. The van der Waals surface area contributed by atoms with E-state index in [4.69, 9.17) is 5.11 Å². The van der Waals surface area contributed by atoms with Crippen LogP contribution in [-0.2, 0) is 13.0 Å². The standard InChI is InChI=1S/C17H19N.C7H8N2O2/c1-13-5-3-4-6-17(13)15-7-8-16-12-18(2)10-9-14(16)11-15;1-8-6-4-9-3-2-5(6)7(10)11/h3-8,11H,9-10,12H2,1-2H3;2-4,8H,1H3,(H,10,11). The van der Waals surface area contributed by atoms with E-state index < -0.39 is 5.97 Å². The average Bonchev–Trinajstić information content (AvgIpc) is 2.74. The maximum absolute atomic E-state index is 10.5. The van der Waals surface area contributed by atoms with Gasteiger partial charge in [-0.25, -0.2) is 4.79 Å². The summed E-state index contributed by atoms with van der Waals surface area (Å²) in [5, 5.41) is 11.4. The van der Waals surface area contributed by atoms with Crippen LogP contribution in [0.3, 0.4) is 0 Å². The minimum Gasteiger partial charge on any atom is -0.478 e. The molecule has 29 heavy (non-hydrogen) atoms. The Morgan fingerprint density at radius 1 is 1.14 bits per heavy atom. The molecule has 0 atom stereocenters. The number of fused-ring (bicyclic) bond motifs is 1. The van der Waals surface area contributed by atoms with Crippen LogP contribution >= 0.6 is 0 Å². The summed E-state index contributed by atoms with van der Waals surface area (Å²) in [5.41, 5.74) is 7.85. The van der Waals surface area contributed by atoms with Crippen LogP contribution in [0, 0.1) is 6.92 Å². The Kier molecular flexibility index (Phi) is 6.62. The fraction of sp³-hybridized carbons (Fsp3) is 0.250. The summed E-state index contributed by atoms with van der Waals surface area (Å²) in [4.78, 5) is 16.7. The number of hydrogen-bond acceptors (Lipinski definition) is 4. The van der Waals surface area contributed by atoms with E-state index in [0.29, 0.717) is 5.69 Å². The first-order valence-corrected chi connectivity index (χ1v) is 9.71. The first-order valence-electron chi connectivity index (χ1n) is 9.71. The van der Waals surface area contributed by atoms with Gasteiger partial charge in [0.15, 0.2) is 0 Å². The average molecular weight is 389 g/mol. The number of carbonyl (C=O) groups is 1. The molecular formula is C24H27N3O2. The smallest absolute Gasteiger partial charge is 0.337 e. The van der Waals surface area contributed by atoms with Gasteiger partial charge in [-0.1, -0.05) is 42.5 Å². The van der Waals surface area contributed by atoms with Gasteiger partial charge >= 0.3 is 5.97 Å². The second kappa shape index (κ2) is 9.34. The van der Waals surface area contributed by atoms with E-state index in [9.17, 15) is 4.79 Å². The Morgan fingerprint density at radius 3 is 2.62 bits per heavy atom. The molecule has 150 valence electrons. The van der Waals surface area contributed by atoms with Gasteiger partial charge in [-0.05, 0) is 54.3 Å². The monoisotopic (exact) mass is 389 g/mol. The van der Waals surface area contributed by atoms with Gasteiger partial charge in [-0.15, -0.1) is 0 Å². The van der Waals surface area contributed by atoms with E-state index in [0.717, 1.165) is 6.54 Å². The van der Waals surface area contributed by atoms with Crippen molar-refractivity contribution in [1.82, 2.24) is 9.88 Å². The van der Waals surface area contributed by atoms with Crippen molar-refractivity contribution in [1.29, 1.82) is 0 Å². The third-order valence-electron chi connectivity index (χ3n) is 5.19. The van der Waals surface area contributed by atoms with Crippen LogP contribution in [-0.4, -0.2) is 41.6 Å². The highest BCUT2D eigenvalue weighted by atomic mass is 16.4. The van der Waals surface area contributed by atoms with Crippen molar-refractivity contribution < 1.29 is 9.90 Å². The zero-order valence-electron chi connectivity index (χ0n) is 17.1. The largest absolute Gasteiger partial charge is 0.478 e. The van der Waals surface area contributed by atoms with Crippen molar-refractivity contribution >= 4 is 11.7 Å². The first-order chi connectivity index (χ1) is 14.0. The Balaban J connectivity index is 0.000000188. The van der Waals surface area contributed by atoms with Crippen LogP contribution in [0.5, 0.6) is 0 Å². The lowest BCUT2D eigenvalue weighted by atomic mass is 9.93. The van der Waals surface area contributed by atoms with Crippen molar-refractivity contribution in [2.24, 2.45) is 0 Å². The van der Waals surface area contributed by atoms with Gasteiger partial charge in [0, 0.05) is 26.3 Å². The molecule has 0 unspecified atom stereocenters. The Morgan fingerprint density at radius 2 is 1.93 bits per heavy atom. The predicted molar refractivity (Wildman–Crippen MR) is 117 cm³/mol. The molecule has 0 radical (unpaired) electrons. The lowest BCUT2D eigenvalue weighted by molar-refractivity contribution is 0.0698. The van der Waals surface area contributed by atoms with E-state index in [1.165, 1.54) is 59.2 Å². The molecule has 0 fully saturated rings. The Bertz CT molecular complexity index is 1000. The van der Waals surface area contributed by atoms with Gasteiger partial charge < -0.3 is 15.3 Å². The molecule has 0 spiro atoms. The number of rotatable bonds is 3. The van der Waals surface area contributed by atoms with Crippen LogP contribution in [0.2, 0.25) is 0 Å². The molecule has 5 nitrogen and oxygen atoms in total. The number of nitrogens with zero attached hydrogens (tertiary/aromatic N) is 2. The molecule has 1 aliphatic rings. The minimum absolute atomic E-state index is 0.238. The number of nitrogens with one attached hydrogen (secondary N) is 1. The van der Waals surface area contributed by atoms with Crippen LogP contribution in [0.4, 0.5) is 5.69 Å². The van der Waals surface area contributed by atoms with Crippen molar-refractivity contribution in [2.75, 3.05) is 26.0 Å². The summed E-state index contributed by atoms with van der Waals surface area (Å²) in [5.74, 6) is -0.947. The van der Waals surface area contributed by atoms with Gasteiger partial charge in [0.05, 0.1) is 17.4 Å². The zero-order chi connectivity index (χ0) is 20.8. The highest BCUT2D eigenvalue weighted by molar-refractivity contribution is 5.93. The highest BCUT2D eigenvalue weighted by Gasteiger charge is 2.14. The molecule has 0 saturated heterocycles. The second-order valence-corrected chi connectivity index (χ2v) is 7.26.